The zero-order valence-corrected chi connectivity index (χ0v) is 24.0. The molecule has 1 amide bonds. The van der Waals surface area contributed by atoms with Crippen molar-refractivity contribution in [3.8, 4) is 0 Å². The number of halogens is 6. The largest absolute Gasteiger partial charge is 0.491 e. The first-order valence-electron chi connectivity index (χ1n) is 13.7. The van der Waals surface area contributed by atoms with Crippen LogP contribution in [0.2, 0.25) is 0 Å². The van der Waals surface area contributed by atoms with E-state index in [1.807, 2.05) is 11.9 Å². The van der Waals surface area contributed by atoms with Gasteiger partial charge in [-0.25, -0.2) is 4.79 Å². The average Bonchev–Trinajstić information content (AvgIpc) is 3.36. The van der Waals surface area contributed by atoms with Gasteiger partial charge >= 0.3 is 18.3 Å². The van der Waals surface area contributed by atoms with E-state index in [2.05, 4.69) is 30.5 Å². The number of hydrogen-bond donors (Lipinski definition) is 2. The van der Waals surface area contributed by atoms with Gasteiger partial charge in [0.05, 0.1) is 12.1 Å². The molecule has 240 valence electrons. The van der Waals surface area contributed by atoms with Gasteiger partial charge in [-0.2, -0.15) is 41.3 Å². The van der Waals surface area contributed by atoms with E-state index in [9.17, 15) is 35.9 Å². The zero-order chi connectivity index (χ0) is 32.5. The average molecular weight is 639 g/mol. The molecular weight excluding hydrogens is 610 g/mol. The summed E-state index contributed by atoms with van der Waals surface area (Å²) < 4.78 is 84.9. The number of amides is 1. The van der Waals surface area contributed by atoms with Crippen molar-refractivity contribution in [1.29, 1.82) is 0 Å². The molecule has 2 aromatic carbocycles. The van der Waals surface area contributed by atoms with Crippen molar-refractivity contribution in [2.45, 2.75) is 31.7 Å². The van der Waals surface area contributed by atoms with Gasteiger partial charge in [0.15, 0.2) is 0 Å². The molecule has 0 bridgehead atoms. The highest BCUT2D eigenvalue weighted by atomic mass is 19.4. The summed E-state index contributed by atoms with van der Waals surface area (Å²) in [6.07, 6.45) is -11.5. The molecule has 1 atom stereocenters. The Morgan fingerprint density at radius 1 is 0.956 bits per heavy atom. The van der Waals surface area contributed by atoms with E-state index in [1.165, 1.54) is 41.3 Å². The van der Waals surface area contributed by atoms with Gasteiger partial charge in [-0.05, 0) is 36.4 Å². The van der Waals surface area contributed by atoms with E-state index in [1.54, 1.807) is 7.05 Å². The van der Waals surface area contributed by atoms with Crippen LogP contribution < -0.4 is 20.4 Å². The first-order chi connectivity index (χ1) is 21.2. The summed E-state index contributed by atoms with van der Waals surface area (Å²) in [5.41, 5.74) is -0.523. The molecule has 0 aliphatic carbocycles. The fourth-order valence-corrected chi connectivity index (χ4v) is 5.00. The molecule has 1 fully saturated rings. The van der Waals surface area contributed by atoms with E-state index < -0.39 is 42.6 Å². The number of fused-ring (bicyclic) bond motifs is 1. The van der Waals surface area contributed by atoms with Gasteiger partial charge in [0, 0.05) is 50.9 Å². The van der Waals surface area contributed by atoms with Crippen LogP contribution in [0, 0.1) is 0 Å². The van der Waals surface area contributed by atoms with E-state index in [0.717, 1.165) is 19.2 Å². The summed E-state index contributed by atoms with van der Waals surface area (Å²) in [7, 11) is 3.52. The van der Waals surface area contributed by atoms with Crippen LogP contribution in [0.25, 0.3) is 0 Å². The van der Waals surface area contributed by atoms with Crippen molar-refractivity contribution in [2.75, 3.05) is 55.4 Å². The number of nitrogens with one attached hydrogen (secondary N) is 2. The first-order valence-corrected chi connectivity index (χ1v) is 13.7. The van der Waals surface area contributed by atoms with Gasteiger partial charge in [-0.1, -0.05) is 24.3 Å². The monoisotopic (exact) mass is 638 g/mol. The summed E-state index contributed by atoms with van der Waals surface area (Å²) in [4.78, 5) is 43.4. The predicted octanol–water partition coefficient (Wildman–Crippen LogP) is 3.74. The lowest BCUT2D eigenvalue weighted by Crippen LogP contribution is -2.45. The molecule has 11 nitrogen and oxygen atoms in total. The van der Waals surface area contributed by atoms with Gasteiger partial charge in [0.1, 0.15) is 0 Å². The number of nitrogens with zero attached hydrogens (tertiary/aromatic N) is 6. The molecule has 0 saturated carbocycles. The maximum absolute atomic E-state index is 13.4. The summed E-state index contributed by atoms with van der Waals surface area (Å²) in [5.74, 6) is -2.82. The number of esters is 1. The lowest BCUT2D eigenvalue weighted by Gasteiger charge is -2.33. The number of benzene rings is 2. The highest BCUT2D eigenvalue weighted by molar-refractivity contribution is 5.94. The number of aromatic nitrogens is 3. The Bertz CT molecular complexity index is 1580. The second-order valence-corrected chi connectivity index (χ2v) is 10.4. The van der Waals surface area contributed by atoms with Gasteiger partial charge < -0.3 is 25.2 Å². The van der Waals surface area contributed by atoms with E-state index in [0.29, 0.717) is 18.7 Å². The number of carbonyl (C=O) groups excluding carboxylic acids is 2. The molecule has 45 heavy (non-hydrogen) atoms. The minimum Gasteiger partial charge on any atom is -0.430 e. The molecule has 3 aromatic rings. The third-order valence-corrected chi connectivity index (χ3v) is 7.39. The molecule has 1 unspecified atom stereocenters. The van der Waals surface area contributed by atoms with Gasteiger partial charge in [0.25, 0.3) is 5.91 Å². The minimum absolute atomic E-state index is 0.0330. The van der Waals surface area contributed by atoms with Crippen molar-refractivity contribution in [2.24, 2.45) is 0 Å². The van der Waals surface area contributed by atoms with Crippen molar-refractivity contribution >= 4 is 29.7 Å². The topological polar surface area (TPSA) is 116 Å². The van der Waals surface area contributed by atoms with Gasteiger partial charge in [-0.15, -0.1) is 0 Å². The molecule has 0 spiro atoms. The number of anilines is 3. The summed E-state index contributed by atoms with van der Waals surface area (Å²) >= 11 is 0. The van der Waals surface area contributed by atoms with Crippen LogP contribution >= 0.6 is 0 Å². The van der Waals surface area contributed by atoms with E-state index in [-0.39, 0.29) is 41.1 Å². The number of rotatable bonds is 7. The zero-order valence-electron chi connectivity index (χ0n) is 24.0. The molecule has 0 radical (unpaired) electrons. The van der Waals surface area contributed by atoms with E-state index in [4.69, 9.17) is 4.74 Å². The Hall–Kier alpha value is -4.67. The number of alkyl halides is 6. The lowest BCUT2D eigenvalue weighted by atomic mass is 10.0. The molecule has 5 rings (SSSR count). The minimum atomic E-state index is -5.29. The Balaban J connectivity index is 1.44. The Kier molecular flexibility index (Phi) is 8.73. The Labute approximate surface area is 253 Å². The number of carbonyl (C=O) groups is 2. The second-order valence-electron chi connectivity index (χ2n) is 10.4. The van der Waals surface area contributed by atoms with Crippen molar-refractivity contribution in [1.82, 2.24) is 25.2 Å². The molecule has 3 heterocycles. The van der Waals surface area contributed by atoms with Gasteiger partial charge in [-0.3, -0.25) is 9.69 Å². The van der Waals surface area contributed by atoms with Crippen molar-refractivity contribution in [3.63, 3.8) is 0 Å². The molecule has 2 aliphatic heterocycles. The van der Waals surface area contributed by atoms with E-state index >= 15 is 0 Å². The molecule has 1 aromatic heterocycles. The number of hydrogen-bond acceptors (Lipinski definition) is 10. The van der Waals surface area contributed by atoms with Crippen LogP contribution in [-0.2, 0) is 28.8 Å². The predicted molar refractivity (Wildman–Crippen MR) is 149 cm³/mol. The van der Waals surface area contributed by atoms with Crippen LogP contribution in [0.4, 0.5) is 44.2 Å². The fraction of sp³-hybridized carbons (Fsp3) is 0.393. The second kappa shape index (κ2) is 12.4. The van der Waals surface area contributed by atoms with Gasteiger partial charge in [0.2, 0.25) is 24.1 Å². The third kappa shape index (κ3) is 7.02. The number of likely N-dealkylation sites (N-methyl/N-ethyl adjacent to an activating group) is 1. The van der Waals surface area contributed by atoms with Crippen LogP contribution in [0.3, 0.4) is 0 Å². The highest BCUT2D eigenvalue weighted by Crippen LogP contribution is 2.39. The lowest BCUT2D eigenvalue weighted by molar-refractivity contribution is -0.205. The normalized spacial score (nSPS) is 17.2. The van der Waals surface area contributed by atoms with Crippen LogP contribution in [0.5, 0.6) is 0 Å². The summed E-state index contributed by atoms with van der Waals surface area (Å²) in [5, 5.41) is 5.26. The fourth-order valence-electron chi connectivity index (χ4n) is 5.00. The van der Waals surface area contributed by atoms with Crippen LogP contribution in [0.1, 0.15) is 38.8 Å². The Morgan fingerprint density at radius 3 is 2.31 bits per heavy atom. The maximum atomic E-state index is 13.4. The molecule has 17 heteroatoms. The van der Waals surface area contributed by atoms with Crippen LogP contribution in [0.15, 0.2) is 42.5 Å². The highest BCUT2D eigenvalue weighted by Gasteiger charge is 2.46. The quantitative estimate of drug-likeness (QED) is 0.293. The third-order valence-electron chi connectivity index (χ3n) is 7.39. The van der Waals surface area contributed by atoms with Crippen LogP contribution in [-0.4, -0.2) is 78.2 Å². The molecule has 1 saturated heterocycles. The molecule has 2 aliphatic rings. The smallest absolute Gasteiger partial charge is 0.430 e. The number of ether oxygens (including phenoxy) is 1. The Morgan fingerprint density at radius 2 is 1.64 bits per heavy atom. The standard InChI is InChI=1S/C28H28F6N8O3/c1-35-24-37-25(41-11-9-40(2)10-12-41)39-26(38-24)42-15-18-13-16(7-8-19(18)22(42)45-23(44)28(32,33)34)21(43)36-14-17-5-3-4-6-20(17)27(29,30)31/h3-8,13,22H,9-12,14-15H2,1-2H3,(H,36,43)(H,35,37,38,39). The molecule has 2 N–H and O–H groups in total. The maximum Gasteiger partial charge on any atom is 0.491 e. The molecular formula is C28H28F6N8O3. The SMILES string of the molecule is CNc1nc(N2CCN(C)CC2)nc(N2Cc3cc(C(=O)NCc4ccccc4C(F)(F)F)ccc3C2OC(=O)C(F)(F)F)n1. The summed E-state index contributed by atoms with van der Waals surface area (Å²) in [6, 6.07) is 8.78. The van der Waals surface area contributed by atoms with Crippen molar-refractivity contribution < 1.29 is 40.7 Å². The first kappa shape index (κ1) is 31.7. The van der Waals surface area contributed by atoms with Crippen molar-refractivity contribution in [3.05, 3.63) is 70.3 Å². The number of piperazine rings is 1. The summed E-state index contributed by atoms with van der Waals surface area (Å²) in [6.45, 7) is 2.05.